The third-order valence-corrected chi connectivity index (χ3v) is 3.29. The summed E-state index contributed by atoms with van der Waals surface area (Å²) in [5.41, 5.74) is 9.67. The average molecular weight is 216 g/mol. The molecule has 0 aliphatic carbocycles. The molecule has 1 aromatic heterocycles. The van der Waals surface area contributed by atoms with Crippen molar-refractivity contribution in [2.45, 2.75) is 32.6 Å². The largest absolute Gasteiger partial charge is 0.361 e. The number of nitrogens with two attached hydrogens (primary N) is 1. The van der Waals surface area contributed by atoms with Gasteiger partial charge in [-0.05, 0) is 41.6 Å². The highest BCUT2D eigenvalue weighted by molar-refractivity contribution is 5.84. The van der Waals surface area contributed by atoms with Crippen molar-refractivity contribution in [1.82, 2.24) is 4.98 Å². The number of fused-ring (bicyclic) bond motifs is 1. The molecule has 1 atom stereocenters. The van der Waals surface area contributed by atoms with E-state index in [9.17, 15) is 0 Å². The van der Waals surface area contributed by atoms with Gasteiger partial charge in [0.1, 0.15) is 0 Å². The fraction of sp³-hybridized carbons (Fsp3) is 0.429. The molecule has 2 heteroatoms. The first-order chi connectivity index (χ1) is 7.63. The zero-order valence-electron chi connectivity index (χ0n) is 10.2. The number of hydrogen-bond donors (Lipinski definition) is 2. The number of nitrogens with one attached hydrogen (secondary N) is 1. The topological polar surface area (TPSA) is 41.8 Å². The van der Waals surface area contributed by atoms with Crippen molar-refractivity contribution >= 4 is 10.9 Å². The van der Waals surface area contributed by atoms with Crippen LogP contribution in [0.15, 0.2) is 24.4 Å². The minimum Gasteiger partial charge on any atom is -0.361 e. The van der Waals surface area contributed by atoms with Gasteiger partial charge in [0, 0.05) is 17.1 Å². The molecule has 0 spiro atoms. The van der Waals surface area contributed by atoms with Gasteiger partial charge in [-0.1, -0.05) is 26.8 Å². The lowest BCUT2D eigenvalue weighted by molar-refractivity contribution is 0.780. The lowest BCUT2D eigenvalue weighted by atomic mass is 9.96. The molecule has 0 saturated carbocycles. The third-order valence-electron chi connectivity index (χ3n) is 3.29. The molecule has 1 heterocycles. The van der Waals surface area contributed by atoms with E-state index in [-0.39, 0.29) is 0 Å². The van der Waals surface area contributed by atoms with Crippen LogP contribution in [0, 0.1) is 0 Å². The summed E-state index contributed by atoms with van der Waals surface area (Å²) < 4.78 is 0. The smallest absolute Gasteiger partial charge is 0.0457 e. The SMILES string of the molecule is CC(C)c1ccc2[nH]cc(C(C)CN)c2c1. The van der Waals surface area contributed by atoms with Crippen LogP contribution in [-0.4, -0.2) is 11.5 Å². The van der Waals surface area contributed by atoms with Crippen LogP contribution in [0.1, 0.15) is 43.7 Å². The van der Waals surface area contributed by atoms with Crippen LogP contribution < -0.4 is 5.73 Å². The molecular formula is C14H20N2. The molecule has 1 unspecified atom stereocenters. The molecular weight excluding hydrogens is 196 g/mol. The summed E-state index contributed by atoms with van der Waals surface area (Å²) in [6.45, 7) is 7.31. The number of aromatic nitrogens is 1. The first-order valence-corrected chi connectivity index (χ1v) is 5.94. The molecule has 86 valence electrons. The fourth-order valence-electron chi connectivity index (χ4n) is 2.05. The predicted octanol–water partition coefficient (Wildman–Crippen LogP) is 3.35. The molecule has 0 fully saturated rings. The molecule has 16 heavy (non-hydrogen) atoms. The molecule has 0 radical (unpaired) electrons. The Hall–Kier alpha value is -1.28. The van der Waals surface area contributed by atoms with E-state index in [4.69, 9.17) is 5.73 Å². The van der Waals surface area contributed by atoms with Crippen LogP contribution in [0.3, 0.4) is 0 Å². The second-order valence-corrected chi connectivity index (χ2v) is 4.84. The van der Waals surface area contributed by atoms with E-state index in [2.05, 4.69) is 50.2 Å². The van der Waals surface area contributed by atoms with E-state index < -0.39 is 0 Å². The van der Waals surface area contributed by atoms with Crippen LogP contribution in [0.2, 0.25) is 0 Å². The maximum absolute atomic E-state index is 5.74. The Labute approximate surface area is 96.9 Å². The van der Waals surface area contributed by atoms with E-state index in [1.807, 2.05) is 0 Å². The molecule has 3 N–H and O–H groups in total. The molecule has 0 bridgehead atoms. The Morgan fingerprint density at radius 3 is 2.62 bits per heavy atom. The van der Waals surface area contributed by atoms with Crippen molar-refractivity contribution in [3.05, 3.63) is 35.5 Å². The standard InChI is InChI=1S/C14H20N2/c1-9(2)11-4-5-14-12(6-11)13(8-16-14)10(3)7-15/h4-6,8-10,16H,7,15H2,1-3H3. The quantitative estimate of drug-likeness (QED) is 0.811. The molecule has 1 aromatic carbocycles. The summed E-state index contributed by atoms with van der Waals surface area (Å²) in [4.78, 5) is 3.31. The van der Waals surface area contributed by atoms with E-state index >= 15 is 0 Å². The Kier molecular flexibility index (Phi) is 3.01. The van der Waals surface area contributed by atoms with Gasteiger partial charge in [0.05, 0.1) is 0 Å². The molecule has 2 nitrogen and oxygen atoms in total. The van der Waals surface area contributed by atoms with Crippen LogP contribution in [0.4, 0.5) is 0 Å². The van der Waals surface area contributed by atoms with Crippen molar-refractivity contribution in [2.75, 3.05) is 6.54 Å². The average Bonchev–Trinajstić information content (AvgIpc) is 2.70. The Bertz CT molecular complexity index is 482. The highest BCUT2D eigenvalue weighted by atomic mass is 14.7. The van der Waals surface area contributed by atoms with Gasteiger partial charge in [0.25, 0.3) is 0 Å². The van der Waals surface area contributed by atoms with Crippen LogP contribution >= 0.6 is 0 Å². The number of hydrogen-bond acceptors (Lipinski definition) is 1. The van der Waals surface area contributed by atoms with Crippen molar-refractivity contribution in [2.24, 2.45) is 5.73 Å². The van der Waals surface area contributed by atoms with E-state index in [1.54, 1.807) is 0 Å². The zero-order chi connectivity index (χ0) is 11.7. The van der Waals surface area contributed by atoms with E-state index in [1.165, 1.54) is 22.0 Å². The number of rotatable bonds is 3. The van der Waals surface area contributed by atoms with Crippen molar-refractivity contribution in [1.29, 1.82) is 0 Å². The Morgan fingerprint density at radius 2 is 2.00 bits per heavy atom. The second kappa shape index (κ2) is 4.30. The fourth-order valence-corrected chi connectivity index (χ4v) is 2.05. The lowest BCUT2D eigenvalue weighted by Crippen LogP contribution is -2.08. The van der Waals surface area contributed by atoms with Crippen molar-refractivity contribution in [3.63, 3.8) is 0 Å². The first-order valence-electron chi connectivity index (χ1n) is 5.94. The number of benzene rings is 1. The van der Waals surface area contributed by atoms with Gasteiger partial charge in [0.15, 0.2) is 0 Å². The van der Waals surface area contributed by atoms with Gasteiger partial charge in [0.2, 0.25) is 0 Å². The normalized spacial score (nSPS) is 13.6. The summed E-state index contributed by atoms with van der Waals surface area (Å²) in [6, 6.07) is 6.65. The van der Waals surface area contributed by atoms with Crippen LogP contribution in [-0.2, 0) is 0 Å². The van der Waals surface area contributed by atoms with Crippen LogP contribution in [0.25, 0.3) is 10.9 Å². The van der Waals surface area contributed by atoms with Gasteiger partial charge in [-0.25, -0.2) is 0 Å². The third kappa shape index (κ3) is 1.85. The maximum Gasteiger partial charge on any atom is 0.0457 e. The second-order valence-electron chi connectivity index (χ2n) is 4.84. The van der Waals surface area contributed by atoms with Gasteiger partial charge in [-0.15, -0.1) is 0 Å². The van der Waals surface area contributed by atoms with Gasteiger partial charge in [-0.2, -0.15) is 0 Å². The maximum atomic E-state index is 5.74. The molecule has 0 amide bonds. The first kappa shape index (κ1) is 11.2. The minimum absolute atomic E-state index is 0.413. The highest BCUT2D eigenvalue weighted by Gasteiger charge is 2.10. The summed E-state index contributed by atoms with van der Waals surface area (Å²) in [5.74, 6) is 0.983. The summed E-state index contributed by atoms with van der Waals surface area (Å²) >= 11 is 0. The van der Waals surface area contributed by atoms with Gasteiger partial charge < -0.3 is 10.7 Å². The van der Waals surface area contributed by atoms with Gasteiger partial charge in [-0.3, -0.25) is 0 Å². The number of H-pyrrole nitrogens is 1. The van der Waals surface area contributed by atoms with Crippen molar-refractivity contribution in [3.8, 4) is 0 Å². The molecule has 2 rings (SSSR count). The molecule has 0 aliphatic rings. The minimum atomic E-state index is 0.413. The summed E-state index contributed by atoms with van der Waals surface area (Å²) in [7, 11) is 0. The zero-order valence-corrected chi connectivity index (χ0v) is 10.2. The molecule has 2 aromatic rings. The van der Waals surface area contributed by atoms with E-state index in [0.29, 0.717) is 18.4 Å². The lowest BCUT2D eigenvalue weighted by Gasteiger charge is -2.09. The predicted molar refractivity (Wildman–Crippen MR) is 69.9 cm³/mol. The Morgan fingerprint density at radius 1 is 1.25 bits per heavy atom. The molecule has 0 aliphatic heterocycles. The monoisotopic (exact) mass is 216 g/mol. The van der Waals surface area contributed by atoms with E-state index in [0.717, 1.165) is 0 Å². The highest BCUT2D eigenvalue weighted by Crippen LogP contribution is 2.27. The summed E-state index contributed by atoms with van der Waals surface area (Å²) in [5, 5.41) is 1.32. The van der Waals surface area contributed by atoms with Crippen molar-refractivity contribution < 1.29 is 0 Å². The number of aromatic amines is 1. The van der Waals surface area contributed by atoms with Gasteiger partial charge >= 0.3 is 0 Å². The summed E-state index contributed by atoms with van der Waals surface area (Å²) in [6.07, 6.45) is 2.09. The Balaban J connectivity index is 2.55. The van der Waals surface area contributed by atoms with Crippen LogP contribution in [0.5, 0.6) is 0 Å². The molecule has 0 saturated heterocycles.